The van der Waals surface area contributed by atoms with E-state index in [0.29, 0.717) is 0 Å². The van der Waals surface area contributed by atoms with Crippen LogP contribution >= 0.6 is 0 Å². The molecular weight excluding hydrogens is 216 g/mol. The molecule has 1 aromatic rings. The summed E-state index contributed by atoms with van der Waals surface area (Å²) in [6.07, 6.45) is 0.155. The summed E-state index contributed by atoms with van der Waals surface area (Å²) in [4.78, 5) is 11.5. The van der Waals surface area contributed by atoms with E-state index < -0.39 is 0 Å². The summed E-state index contributed by atoms with van der Waals surface area (Å²) < 4.78 is 5.08. The average Bonchev–Trinajstić information content (AvgIpc) is 2.19. The lowest BCUT2D eigenvalue weighted by molar-refractivity contribution is -0.146. The van der Waals surface area contributed by atoms with E-state index >= 15 is 0 Å². The Bertz CT molecular complexity index is 394. The molecule has 0 heterocycles. The van der Waals surface area contributed by atoms with Crippen molar-refractivity contribution in [3.05, 3.63) is 29.3 Å². The van der Waals surface area contributed by atoms with Gasteiger partial charge in [-0.1, -0.05) is 26.0 Å². The van der Waals surface area contributed by atoms with Crippen molar-refractivity contribution in [1.29, 1.82) is 0 Å². The standard InChI is InChI=1S/C14H20O3/c1-9(2)12-7-11(5-6-13(12)15)8-14(16)17-10(3)4/h5-7,9-10,15H,8H2,1-4H3. The smallest absolute Gasteiger partial charge is 0.310 e. The minimum atomic E-state index is -0.236. The van der Waals surface area contributed by atoms with E-state index in [2.05, 4.69) is 0 Å². The Hall–Kier alpha value is -1.51. The lowest BCUT2D eigenvalue weighted by Gasteiger charge is -2.11. The third-order valence-corrected chi connectivity index (χ3v) is 2.43. The fraction of sp³-hybridized carbons (Fsp3) is 0.500. The first-order chi connectivity index (χ1) is 7.90. The highest BCUT2D eigenvalue weighted by atomic mass is 16.5. The first-order valence-electron chi connectivity index (χ1n) is 5.91. The van der Waals surface area contributed by atoms with Crippen molar-refractivity contribution in [3.8, 4) is 5.75 Å². The molecule has 3 nitrogen and oxygen atoms in total. The lowest BCUT2D eigenvalue weighted by atomic mass is 9.98. The number of carbonyl (C=O) groups is 1. The molecule has 0 aliphatic rings. The Morgan fingerprint density at radius 2 is 1.94 bits per heavy atom. The Morgan fingerprint density at radius 1 is 1.29 bits per heavy atom. The molecule has 94 valence electrons. The number of esters is 1. The van der Waals surface area contributed by atoms with Crippen LogP contribution < -0.4 is 0 Å². The molecule has 1 aromatic carbocycles. The van der Waals surface area contributed by atoms with Gasteiger partial charge in [-0.25, -0.2) is 0 Å². The lowest BCUT2D eigenvalue weighted by Crippen LogP contribution is -2.13. The largest absolute Gasteiger partial charge is 0.508 e. The highest BCUT2D eigenvalue weighted by Crippen LogP contribution is 2.26. The zero-order valence-electron chi connectivity index (χ0n) is 10.9. The fourth-order valence-corrected chi connectivity index (χ4v) is 1.65. The van der Waals surface area contributed by atoms with Crippen molar-refractivity contribution < 1.29 is 14.6 Å². The van der Waals surface area contributed by atoms with Gasteiger partial charge in [0, 0.05) is 0 Å². The van der Waals surface area contributed by atoms with Crippen LogP contribution in [0.4, 0.5) is 0 Å². The number of carbonyl (C=O) groups excluding carboxylic acids is 1. The highest BCUT2D eigenvalue weighted by molar-refractivity contribution is 5.73. The van der Waals surface area contributed by atoms with Gasteiger partial charge in [0.05, 0.1) is 12.5 Å². The minimum absolute atomic E-state index is 0.0933. The van der Waals surface area contributed by atoms with E-state index in [1.807, 2.05) is 33.8 Å². The maximum absolute atomic E-state index is 11.5. The molecule has 1 N–H and O–H groups in total. The summed E-state index contributed by atoms with van der Waals surface area (Å²) in [7, 11) is 0. The Balaban J connectivity index is 2.79. The van der Waals surface area contributed by atoms with E-state index in [-0.39, 0.29) is 30.2 Å². The molecule has 0 saturated heterocycles. The summed E-state index contributed by atoms with van der Waals surface area (Å²) in [6, 6.07) is 5.25. The molecule has 17 heavy (non-hydrogen) atoms. The first-order valence-corrected chi connectivity index (χ1v) is 5.91. The van der Waals surface area contributed by atoms with Crippen LogP contribution in [0, 0.1) is 0 Å². The molecule has 0 aliphatic heterocycles. The van der Waals surface area contributed by atoms with Crippen LogP contribution in [0.3, 0.4) is 0 Å². The van der Waals surface area contributed by atoms with Crippen LogP contribution in [0.2, 0.25) is 0 Å². The highest BCUT2D eigenvalue weighted by Gasteiger charge is 2.11. The maximum atomic E-state index is 11.5. The van der Waals surface area contributed by atoms with Gasteiger partial charge in [0.1, 0.15) is 5.75 Å². The van der Waals surface area contributed by atoms with Gasteiger partial charge in [0.15, 0.2) is 0 Å². The number of aromatic hydroxyl groups is 1. The molecule has 0 atom stereocenters. The molecule has 0 spiro atoms. The summed E-state index contributed by atoms with van der Waals surface area (Å²) in [5.74, 6) is 0.275. The van der Waals surface area contributed by atoms with Crippen molar-refractivity contribution in [2.75, 3.05) is 0 Å². The fourth-order valence-electron chi connectivity index (χ4n) is 1.65. The Kier molecular flexibility index (Phi) is 4.55. The summed E-state index contributed by atoms with van der Waals surface area (Å²) in [5.41, 5.74) is 1.73. The van der Waals surface area contributed by atoms with Gasteiger partial charge in [-0.2, -0.15) is 0 Å². The van der Waals surface area contributed by atoms with Crippen molar-refractivity contribution in [1.82, 2.24) is 0 Å². The van der Waals surface area contributed by atoms with E-state index in [0.717, 1.165) is 11.1 Å². The zero-order chi connectivity index (χ0) is 13.0. The molecule has 3 heteroatoms. The van der Waals surface area contributed by atoms with Crippen molar-refractivity contribution >= 4 is 5.97 Å². The number of hydrogen-bond acceptors (Lipinski definition) is 3. The molecule has 0 radical (unpaired) electrons. The van der Waals surface area contributed by atoms with Gasteiger partial charge in [0.25, 0.3) is 0 Å². The number of phenols is 1. The number of phenolic OH excluding ortho intramolecular Hbond substituents is 1. The van der Waals surface area contributed by atoms with Crippen molar-refractivity contribution in [3.63, 3.8) is 0 Å². The molecule has 0 bridgehead atoms. The van der Waals surface area contributed by atoms with Gasteiger partial charge < -0.3 is 9.84 Å². The number of ether oxygens (including phenoxy) is 1. The van der Waals surface area contributed by atoms with Crippen molar-refractivity contribution in [2.24, 2.45) is 0 Å². The molecule has 0 saturated carbocycles. The minimum Gasteiger partial charge on any atom is -0.508 e. The van der Waals surface area contributed by atoms with E-state index in [1.165, 1.54) is 0 Å². The Morgan fingerprint density at radius 3 is 2.47 bits per heavy atom. The van der Waals surface area contributed by atoms with Crippen LogP contribution in [0.1, 0.15) is 44.7 Å². The predicted molar refractivity (Wildman–Crippen MR) is 67.1 cm³/mol. The quantitative estimate of drug-likeness (QED) is 0.817. The molecule has 0 aromatic heterocycles. The Labute approximate surface area is 102 Å². The van der Waals surface area contributed by atoms with Gasteiger partial charge in [-0.05, 0) is 37.0 Å². The number of hydrogen-bond donors (Lipinski definition) is 1. The molecule has 0 amide bonds. The predicted octanol–water partition coefficient (Wildman–Crippen LogP) is 3.01. The maximum Gasteiger partial charge on any atom is 0.310 e. The molecule has 1 rings (SSSR count). The van der Waals surface area contributed by atoms with Crippen LogP contribution in [-0.2, 0) is 16.0 Å². The van der Waals surface area contributed by atoms with Gasteiger partial charge in [0.2, 0.25) is 0 Å². The van der Waals surface area contributed by atoms with Crippen LogP contribution in [0.15, 0.2) is 18.2 Å². The van der Waals surface area contributed by atoms with E-state index in [1.54, 1.807) is 12.1 Å². The first kappa shape index (κ1) is 13.6. The normalized spacial score (nSPS) is 10.9. The second-order valence-electron chi connectivity index (χ2n) is 4.76. The monoisotopic (exact) mass is 236 g/mol. The number of benzene rings is 1. The average molecular weight is 236 g/mol. The number of rotatable bonds is 4. The molecule has 0 fully saturated rings. The molecule has 0 aliphatic carbocycles. The summed E-state index contributed by atoms with van der Waals surface area (Å²) >= 11 is 0. The van der Waals surface area contributed by atoms with E-state index in [4.69, 9.17) is 4.74 Å². The zero-order valence-corrected chi connectivity index (χ0v) is 10.9. The van der Waals surface area contributed by atoms with Crippen LogP contribution in [-0.4, -0.2) is 17.2 Å². The summed E-state index contributed by atoms with van der Waals surface area (Å²) in [5, 5.41) is 9.67. The van der Waals surface area contributed by atoms with Gasteiger partial charge in [-0.3, -0.25) is 4.79 Å². The van der Waals surface area contributed by atoms with Gasteiger partial charge >= 0.3 is 5.97 Å². The summed E-state index contributed by atoms with van der Waals surface area (Å²) in [6.45, 7) is 7.67. The van der Waals surface area contributed by atoms with Crippen LogP contribution in [0.5, 0.6) is 5.75 Å². The van der Waals surface area contributed by atoms with Crippen molar-refractivity contribution in [2.45, 2.75) is 46.1 Å². The van der Waals surface area contributed by atoms with Crippen LogP contribution in [0.25, 0.3) is 0 Å². The van der Waals surface area contributed by atoms with E-state index in [9.17, 15) is 9.90 Å². The third kappa shape index (κ3) is 4.10. The van der Waals surface area contributed by atoms with Gasteiger partial charge in [-0.15, -0.1) is 0 Å². The second-order valence-corrected chi connectivity index (χ2v) is 4.76. The third-order valence-electron chi connectivity index (χ3n) is 2.43. The SMILES string of the molecule is CC(C)OC(=O)Cc1ccc(O)c(C(C)C)c1. The second kappa shape index (κ2) is 5.71. The topological polar surface area (TPSA) is 46.5 Å². The molecular formula is C14H20O3. The molecule has 0 unspecified atom stereocenters.